The molecule has 0 spiro atoms. The Labute approximate surface area is 85.9 Å². The molecule has 14 heavy (non-hydrogen) atoms. The fourth-order valence-corrected chi connectivity index (χ4v) is 1.59. The zero-order chi connectivity index (χ0) is 10.5. The molecule has 0 aliphatic carbocycles. The van der Waals surface area contributed by atoms with Crippen LogP contribution in [0.1, 0.15) is 0 Å². The Hall–Kier alpha value is -1.24. The molecule has 1 aliphatic heterocycles. The van der Waals surface area contributed by atoms with Crippen molar-refractivity contribution < 1.29 is 18.3 Å². The highest BCUT2D eigenvalue weighted by atomic mass is 79.9. The van der Waals surface area contributed by atoms with Crippen LogP contribution in [-0.2, 0) is 0 Å². The molecule has 1 aromatic carbocycles. The van der Waals surface area contributed by atoms with Crippen molar-refractivity contribution in [1.29, 1.82) is 0 Å². The topological polar surface area (TPSA) is 70.5 Å². The smallest absolute Gasteiger partial charge is 0.397 e. The first kappa shape index (κ1) is 9.32. The number of ether oxygens (including phenoxy) is 2. The third kappa shape index (κ3) is 1.24. The number of alkyl halides is 2. The molecule has 0 radical (unpaired) electrons. The van der Waals surface area contributed by atoms with Gasteiger partial charge in [0.1, 0.15) is 0 Å². The summed E-state index contributed by atoms with van der Waals surface area (Å²) in [4.78, 5) is 0. The third-order valence-corrected chi connectivity index (χ3v) is 2.49. The van der Waals surface area contributed by atoms with Crippen LogP contribution in [0, 0.1) is 0 Å². The number of halogens is 3. The Bertz CT molecular complexity index is 411. The van der Waals surface area contributed by atoms with E-state index in [2.05, 4.69) is 25.4 Å². The Balaban J connectivity index is 2.59. The largest absolute Gasteiger partial charge is 0.586 e. The first-order valence-corrected chi connectivity index (χ1v) is 4.33. The number of hydrogen-bond acceptors (Lipinski definition) is 4. The van der Waals surface area contributed by atoms with E-state index in [9.17, 15) is 8.78 Å². The molecule has 4 N–H and O–H groups in total. The average molecular weight is 267 g/mol. The molecule has 1 heterocycles. The van der Waals surface area contributed by atoms with Gasteiger partial charge in [0.15, 0.2) is 11.5 Å². The maximum atomic E-state index is 12.6. The van der Waals surface area contributed by atoms with Crippen molar-refractivity contribution >= 4 is 27.3 Å². The van der Waals surface area contributed by atoms with Crippen LogP contribution in [0.2, 0.25) is 0 Å². The van der Waals surface area contributed by atoms with Gasteiger partial charge in [-0.15, -0.1) is 8.78 Å². The molecule has 0 atom stereocenters. The zero-order valence-electron chi connectivity index (χ0n) is 6.68. The predicted octanol–water partition coefficient (Wildman–Crippen LogP) is 1.94. The second-order valence-corrected chi connectivity index (χ2v) is 3.48. The van der Waals surface area contributed by atoms with Crippen LogP contribution in [0.3, 0.4) is 0 Å². The molecule has 0 unspecified atom stereocenters. The molecule has 0 aromatic heterocycles. The first-order valence-electron chi connectivity index (χ1n) is 3.54. The van der Waals surface area contributed by atoms with E-state index < -0.39 is 6.29 Å². The minimum atomic E-state index is -3.66. The van der Waals surface area contributed by atoms with E-state index >= 15 is 0 Å². The molecule has 1 aliphatic rings. The van der Waals surface area contributed by atoms with E-state index in [1.807, 2.05) is 0 Å². The van der Waals surface area contributed by atoms with Gasteiger partial charge in [0, 0.05) is 6.07 Å². The molecule has 1 aromatic rings. The van der Waals surface area contributed by atoms with Gasteiger partial charge in [-0.2, -0.15) is 0 Å². The number of nitrogens with two attached hydrogens (primary N) is 2. The van der Waals surface area contributed by atoms with Crippen LogP contribution in [0.15, 0.2) is 10.5 Å². The van der Waals surface area contributed by atoms with Crippen molar-refractivity contribution in [2.75, 3.05) is 11.5 Å². The highest BCUT2D eigenvalue weighted by Crippen LogP contribution is 2.49. The Morgan fingerprint density at radius 1 is 1.29 bits per heavy atom. The van der Waals surface area contributed by atoms with Gasteiger partial charge >= 0.3 is 6.29 Å². The van der Waals surface area contributed by atoms with Crippen LogP contribution in [0.4, 0.5) is 20.2 Å². The minimum absolute atomic E-state index is 0.131. The van der Waals surface area contributed by atoms with Crippen molar-refractivity contribution in [3.05, 3.63) is 10.5 Å². The van der Waals surface area contributed by atoms with Crippen molar-refractivity contribution in [1.82, 2.24) is 0 Å². The first-order chi connectivity index (χ1) is 6.41. The summed E-state index contributed by atoms with van der Waals surface area (Å²) in [6.45, 7) is 0. The van der Waals surface area contributed by atoms with Crippen LogP contribution in [0.25, 0.3) is 0 Å². The van der Waals surface area contributed by atoms with E-state index in [1.165, 1.54) is 6.07 Å². The van der Waals surface area contributed by atoms with E-state index in [0.29, 0.717) is 0 Å². The van der Waals surface area contributed by atoms with E-state index in [4.69, 9.17) is 11.5 Å². The van der Waals surface area contributed by atoms with Gasteiger partial charge in [0.05, 0.1) is 15.8 Å². The van der Waals surface area contributed by atoms with Crippen LogP contribution < -0.4 is 20.9 Å². The van der Waals surface area contributed by atoms with Gasteiger partial charge in [-0.25, -0.2) is 0 Å². The van der Waals surface area contributed by atoms with Crippen molar-refractivity contribution in [3.8, 4) is 11.5 Å². The van der Waals surface area contributed by atoms with Crippen LogP contribution in [0.5, 0.6) is 11.5 Å². The second kappa shape index (κ2) is 2.63. The van der Waals surface area contributed by atoms with Crippen molar-refractivity contribution in [2.45, 2.75) is 6.29 Å². The molecule has 2 rings (SSSR count). The summed E-state index contributed by atoms with van der Waals surface area (Å²) in [7, 11) is 0. The summed E-state index contributed by atoms with van der Waals surface area (Å²) in [6.07, 6.45) is -3.66. The molecule has 0 bridgehead atoms. The highest BCUT2D eigenvalue weighted by molar-refractivity contribution is 9.10. The van der Waals surface area contributed by atoms with Gasteiger partial charge in [-0.05, 0) is 15.9 Å². The highest BCUT2D eigenvalue weighted by Gasteiger charge is 2.45. The standard InChI is InChI=1S/C7H5BrF2N2O2/c8-4-5(12)2(11)1-3-6(4)14-7(9,10)13-3/h1H,11-12H2. The molecular weight excluding hydrogens is 262 g/mol. The van der Waals surface area contributed by atoms with Gasteiger partial charge < -0.3 is 20.9 Å². The van der Waals surface area contributed by atoms with Crippen LogP contribution >= 0.6 is 15.9 Å². The molecule has 0 amide bonds. The molecule has 0 saturated heterocycles. The lowest BCUT2D eigenvalue weighted by Crippen LogP contribution is -2.26. The maximum Gasteiger partial charge on any atom is 0.586 e. The second-order valence-electron chi connectivity index (χ2n) is 2.69. The molecule has 4 nitrogen and oxygen atoms in total. The van der Waals surface area contributed by atoms with Gasteiger partial charge in [0.2, 0.25) is 0 Å². The van der Waals surface area contributed by atoms with E-state index in [0.717, 1.165) is 0 Å². The summed E-state index contributed by atoms with van der Waals surface area (Å²) < 4.78 is 33.9. The number of fused-ring (bicyclic) bond motifs is 1. The molecular formula is C7H5BrF2N2O2. The number of benzene rings is 1. The number of nitrogen functional groups attached to an aromatic ring is 2. The monoisotopic (exact) mass is 266 g/mol. The quantitative estimate of drug-likeness (QED) is 0.704. The lowest BCUT2D eigenvalue weighted by molar-refractivity contribution is -0.286. The normalized spacial score (nSPS) is 17.1. The Morgan fingerprint density at radius 2 is 1.93 bits per heavy atom. The fraction of sp³-hybridized carbons (Fsp3) is 0.143. The van der Waals surface area contributed by atoms with Gasteiger partial charge in [-0.1, -0.05) is 0 Å². The number of hydrogen-bond donors (Lipinski definition) is 2. The summed E-state index contributed by atoms with van der Waals surface area (Å²) in [5.41, 5.74) is 11.2. The van der Waals surface area contributed by atoms with Crippen LogP contribution in [-0.4, -0.2) is 6.29 Å². The molecule has 0 fully saturated rings. The summed E-state index contributed by atoms with van der Waals surface area (Å²) in [5, 5.41) is 0. The minimum Gasteiger partial charge on any atom is -0.397 e. The van der Waals surface area contributed by atoms with E-state index in [-0.39, 0.29) is 27.3 Å². The summed E-state index contributed by atoms with van der Waals surface area (Å²) >= 11 is 2.99. The lowest BCUT2D eigenvalue weighted by Gasteiger charge is -2.05. The lowest BCUT2D eigenvalue weighted by atomic mass is 10.2. The Morgan fingerprint density at radius 3 is 2.57 bits per heavy atom. The SMILES string of the molecule is Nc1cc2c(c(Br)c1N)OC(F)(F)O2. The fourth-order valence-electron chi connectivity index (χ4n) is 1.08. The van der Waals surface area contributed by atoms with E-state index in [1.54, 1.807) is 0 Å². The molecule has 7 heteroatoms. The average Bonchev–Trinajstić information content (AvgIpc) is 2.37. The summed E-state index contributed by atoms with van der Waals surface area (Å²) in [6, 6.07) is 1.19. The molecule has 76 valence electrons. The predicted molar refractivity (Wildman–Crippen MR) is 49.2 cm³/mol. The molecule has 0 saturated carbocycles. The Kier molecular flexibility index (Phi) is 1.75. The summed E-state index contributed by atoms with van der Waals surface area (Å²) in [5.74, 6) is -0.268. The van der Waals surface area contributed by atoms with Gasteiger partial charge in [0.25, 0.3) is 0 Å². The zero-order valence-corrected chi connectivity index (χ0v) is 8.27. The van der Waals surface area contributed by atoms with Gasteiger partial charge in [-0.3, -0.25) is 0 Å². The maximum absolute atomic E-state index is 12.6. The number of anilines is 2. The van der Waals surface area contributed by atoms with Crippen molar-refractivity contribution in [2.24, 2.45) is 0 Å². The van der Waals surface area contributed by atoms with Crippen molar-refractivity contribution in [3.63, 3.8) is 0 Å². The number of rotatable bonds is 0. The third-order valence-electron chi connectivity index (χ3n) is 1.71.